The summed E-state index contributed by atoms with van der Waals surface area (Å²) in [6.45, 7) is 4.34. The smallest absolute Gasteiger partial charge is 0.123 e. The van der Waals surface area contributed by atoms with Crippen molar-refractivity contribution in [2.45, 2.75) is 32.4 Å². The Labute approximate surface area is 84.9 Å². The third-order valence-corrected chi connectivity index (χ3v) is 2.70. The van der Waals surface area contributed by atoms with Gasteiger partial charge in [0.05, 0.1) is 0 Å². The first-order valence-corrected chi connectivity index (χ1v) is 5.24. The molecule has 0 saturated heterocycles. The second-order valence-corrected chi connectivity index (χ2v) is 3.89. The highest BCUT2D eigenvalue weighted by Gasteiger charge is 2.27. The molecule has 0 bridgehead atoms. The quantitative estimate of drug-likeness (QED) is 0.786. The van der Waals surface area contributed by atoms with Crippen LogP contribution in [-0.2, 0) is 6.54 Å². The van der Waals surface area contributed by atoms with Crippen LogP contribution in [0.1, 0.15) is 25.3 Å². The van der Waals surface area contributed by atoms with Crippen molar-refractivity contribution in [3.8, 4) is 0 Å². The van der Waals surface area contributed by atoms with Gasteiger partial charge in [-0.3, -0.25) is 4.90 Å². The van der Waals surface area contributed by atoms with E-state index in [0.29, 0.717) is 5.82 Å². The van der Waals surface area contributed by atoms with Gasteiger partial charge in [0.25, 0.3) is 0 Å². The molecule has 14 heavy (non-hydrogen) atoms. The van der Waals surface area contributed by atoms with Gasteiger partial charge in [-0.25, -0.2) is 4.98 Å². The number of hydrogen-bond acceptors (Lipinski definition) is 3. The zero-order valence-corrected chi connectivity index (χ0v) is 8.61. The van der Waals surface area contributed by atoms with E-state index in [9.17, 15) is 0 Å². The monoisotopic (exact) mass is 191 g/mol. The summed E-state index contributed by atoms with van der Waals surface area (Å²) in [6, 6.07) is 4.75. The van der Waals surface area contributed by atoms with E-state index in [4.69, 9.17) is 5.73 Å². The van der Waals surface area contributed by atoms with Crippen LogP contribution in [0.4, 0.5) is 5.82 Å². The Kier molecular flexibility index (Phi) is 2.68. The van der Waals surface area contributed by atoms with E-state index in [1.54, 1.807) is 0 Å². The molecule has 0 spiro atoms. The van der Waals surface area contributed by atoms with Crippen LogP contribution in [0.15, 0.2) is 18.3 Å². The largest absolute Gasteiger partial charge is 0.384 e. The average Bonchev–Trinajstić information content (AvgIpc) is 3.01. The molecule has 2 N–H and O–H groups in total. The van der Waals surface area contributed by atoms with Gasteiger partial charge in [0.15, 0.2) is 0 Å². The molecule has 0 amide bonds. The number of nitrogen functional groups attached to an aromatic ring is 1. The molecule has 1 aliphatic rings. The van der Waals surface area contributed by atoms with Crippen LogP contribution in [0.2, 0.25) is 0 Å². The summed E-state index contributed by atoms with van der Waals surface area (Å²) in [5.41, 5.74) is 6.79. The number of nitrogens with zero attached hydrogens (tertiary/aromatic N) is 2. The fraction of sp³-hybridized carbons (Fsp3) is 0.545. The predicted molar refractivity (Wildman–Crippen MR) is 57.8 cm³/mol. The first kappa shape index (κ1) is 9.46. The Hall–Kier alpha value is -1.09. The Morgan fingerprint density at radius 3 is 2.79 bits per heavy atom. The molecule has 1 aromatic heterocycles. The summed E-state index contributed by atoms with van der Waals surface area (Å²) in [5.74, 6) is 0.600. The second kappa shape index (κ2) is 3.96. The van der Waals surface area contributed by atoms with Crippen molar-refractivity contribution < 1.29 is 0 Å². The molecule has 1 aromatic rings. The maximum atomic E-state index is 5.54. The molecule has 0 radical (unpaired) electrons. The lowest BCUT2D eigenvalue weighted by Gasteiger charge is -2.19. The zero-order valence-electron chi connectivity index (χ0n) is 8.61. The molecular weight excluding hydrogens is 174 g/mol. The fourth-order valence-electron chi connectivity index (χ4n) is 1.70. The highest BCUT2D eigenvalue weighted by atomic mass is 15.2. The Balaban J connectivity index is 1.98. The van der Waals surface area contributed by atoms with E-state index in [2.05, 4.69) is 22.9 Å². The Morgan fingerprint density at radius 2 is 2.29 bits per heavy atom. The first-order valence-electron chi connectivity index (χ1n) is 5.24. The molecule has 76 valence electrons. The minimum absolute atomic E-state index is 0.600. The summed E-state index contributed by atoms with van der Waals surface area (Å²) in [4.78, 5) is 6.59. The lowest BCUT2D eigenvalue weighted by atomic mass is 10.2. The van der Waals surface area contributed by atoms with E-state index in [1.165, 1.54) is 18.4 Å². The fourth-order valence-corrected chi connectivity index (χ4v) is 1.70. The number of hydrogen-bond donors (Lipinski definition) is 1. The summed E-state index contributed by atoms with van der Waals surface area (Å²) < 4.78 is 0. The van der Waals surface area contributed by atoms with Crippen molar-refractivity contribution >= 4 is 5.82 Å². The Bertz CT molecular complexity index is 290. The SMILES string of the molecule is CCN(Cc1ccc(N)nc1)C1CC1. The highest BCUT2D eigenvalue weighted by Crippen LogP contribution is 2.27. The zero-order chi connectivity index (χ0) is 9.97. The molecule has 0 aliphatic heterocycles. The van der Waals surface area contributed by atoms with E-state index < -0.39 is 0 Å². The van der Waals surface area contributed by atoms with Gasteiger partial charge in [-0.2, -0.15) is 0 Å². The van der Waals surface area contributed by atoms with Gasteiger partial charge in [0.2, 0.25) is 0 Å². The molecule has 1 heterocycles. The number of pyridine rings is 1. The van der Waals surface area contributed by atoms with Gasteiger partial charge in [0, 0.05) is 18.8 Å². The van der Waals surface area contributed by atoms with Crippen molar-refractivity contribution in [1.29, 1.82) is 0 Å². The van der Waals surface area contributed by atoms with Crippen molar-refractivity contribution in [2.75, 3.05) is 12.3 Å². The minimum atomic E-state index is 0.600. The molecule has 1 fully saturated rings. The molecule has 3 nitrogen and oxygen atoms in total. The Morgan fingerprint density at radius 1 is 1.50 bits per heavy atom. The number of rotatable bonds is 4. The third kappa shape index (κ3) is 2.23. The second-order valence-electron chi connectivity index (χ2n) is 3.89. The summed E-state index contributed by atoms with van der Waals surface area (Å²) in [7, 11) is 0. The minimum Gasteiger partial charge on any atom is -0.384 e. The molecule has 1 saturated carbocycles. The van der Waals surface area contributed by atoms with Crippen LogP contribution < -0.4 is 5.73 Å². The average molecular weight is 191 g/mol. The molecule has 0 unspecified atom stereocenters. The summed E-state index contributed by atoms with van der Waals surface area (Å²) in [6.07, 6.45) is 4.59. The summed E-state index contributed by atoms with van der Waals surface area (Å²) in [5, 5.41) is 0. The molecule has 0 atom stereocenters. The lowest BCUT2D eigenvalue weighted by molar-refractivity contribution is 0.269. The van der Waals surface area contributed by atoms with Gasteiger partial charge in [-0.1, -0.05) is 13.0 Å². The number of anilines is 1. The van der Waals surface area contributed by atoms with Crippen molar-refractivity contribution in [3.05, 3.63) is 23.9 Å². The molecule has 0 aromatic carbocycles. The number of nitrogens with two attached hydrogens (primary N) is 1. The van der Waals surface area contributed by atoms with E-state index in [1.807, 2.05) is 12.3 Å². The van der Waals surface area contributed by atoms with Crippen LogP contribution in [-0.4, -0.2) is 22.5 Å². The predicted octanol–water partition coefficient (Wildman–Crippen LogP) is 1.65. The summed E-state index contributed by atoms with van der Waals surface area (Å²) >= 11 is 0. The van der Waals surface area contributed by atoms with Crippen LogP contribution in [0.5, 0.6) is 0 Å². The van der Waals surface area contributed by atoms with Gasteiger partial charge < -0.3 is 5.73 Å². The highest BCUT2D eigenvalue weighted by molar-refractivity contribution is 5.29. The van der Waals surface area contributed by atoms with Gasteiger partial charge >= 0.3 is 0 Å². The van der Waals surface area contributed by atoms with E-state index in [-0.39, 0.29) is 0 Å². The topological polar surface area (TPSA) is 42.1 Å². The van der Waals surface area contributed by atoms with Crippen LogP contribution >= 0.6 is 0 Å². The van der Waals surface area contributed by atoms with Crippen molar-refractivity contribution in [2.24, 2.45) is 0 Å². The molecule has 1 aliphatic carbocycles. The van der Waals surface area contributed by atoms with Crippen LogP contribution in [0, 0.1) is 0 Å². The molecule has 3 heteroatoms. The molecular formula is C11H17N3. The van der Waals surface area contributed by atoms with E-state index >= 15 is 0 Å². The lowest BCUT2D eigenvalue weighted by Crippen LogP contribution is -2.25. The normalized spacial score (nSPS) is 16.1. The maximum absolute atomic E-state index is 5.54. The van der Waals surface area contributed by atoms with Gasteiger partial charge in [0.1, 0.15) is 5.82 Å². The van der Waals surface area contributed by atoms with Crippen molar-refractivity contribution in [1.82, 2.24) is 9.88 Å². The number of aromatic nitrogens is 1. The van der Waals surface area contributed by atoms with Gasteiger partial charge in [-0.05, 0) is 31.0 Å². The third-order valence-electron chi connectivity index (χ3n) is 2.70. The van der Waals surface area contributed by atoms with Gasteiger partial charge in [-0.15, -0.1) is 0 Å². The van der Waals surface area contributed by atoms with Crippen LogP contribution in [0.3, 0.4) is 0 Å². The standard InChI is InChI=1S/C11H17N3/c1-2-14(10-4-5-10)8-9-3-6-11(12)13-7-9/h3,6-7,10H,2,4-5,8H2,1H3,(H2,12,13). The first-order chi connectivity index (χ1) is 6.79. The van der Waals surface area contributed by atoms with E-state index in [0.717, 1.165) is 19.1 Å². The molecule has 2 rings (SSSR count). The maximum Gasteiger partial charge on any atom is 0.123 e. The van der Waals surface area contributed by atoms with Crippen molar-refractivity contribution in [3.63, 3.8) is 0 Å². The van der Waals surface area contributed by atoms with Crippen LogP contribution in [0.25, 0.3) is 0 Å².